The zero-order valence-corrected chi connectivity index (χ0v) is 17.4. The number of carbonyl (C=O) groups excluding carboxylic acids is 1. The van der Waals surface area contributed by atoms with Crippen molar-refractivity contribution >= 4 is 21.6 Å². The van der Waals surface area contributed by atoms with Gasteiger partial charge in [0.25, 0.3) is 15.9 Å². The van der Waals surface area contributed by atoms with Gasteiger partial charge in [0.1, 0.15) is 11.6 Å². The zero-order chi connectivity index (χ0) is 21.8. The van der Waals surface area contributed by atoms with E-state index in [-0.39, 0.29) is 17.3 Å². The van der Waals surface area contributed by atoms with Crippen LogP contribution in [0, 0.1) is 5.82 Å². The monoisotopic (exact) mass is 440 g/mol. The molecule has 0 aliphatic carbocycles. The van der Waals surface area contributed by atoms with Gasteiger partial charge >= 0.3 is 0 Å². The van der Waals surface area contributed by atoms with Crippen molar-refractivity contribution in [2.24, 2.45) is 0 Å². The lowest BCUT2D eigenvalue weighted by Crippen LogP contribution is -2.50. The molecule has 1 aliphatic rings. The van der Waals surface area contributed by atoms with Crippen LogP contribution in [0.25, 0.3) is 0 Å². The molecule has 1 heterocycles. The number of amides is 1. The molecule has 0 fully saturated rings. The van der Waals surface area contributed by atoms with Crippen LogP contribution in [-0.4, -0.2) is 33.5 Å². The molecule has 0 radical (unpaired) electrons. The molecular weight excluding hydrogens is 419 g/mol. The highest BCUT2D eigenvalue weighted by atomic mass is 32.2. The number of para-hydroxylation sites is 2. The first kappa shape index (κ1) is 20.9. The highest BCUT2D eigenvalue weighted by Gasteiger charge is 2.37. The van der Waals surface area contributed by atoms with Crippen molar-refractivity contribution in [3.63, 3.8) is 0 Å². The predicted octanol–water partition coefficient (Wildman–Crippen LogP) is 3.14. The van der Waals surface area contributed by atoms with E-state index in [1.165, 1.54) is 28.6 Å². The maximum atomic E-state index is 13.3. The second-order valence-corrected chi connectivity index (χ2v) is 8.95. The standard InChI is InChI=1S/C23H21FN2O4S/c24-18-12-10-17(11-13-18)14-15-25-23(27)22-16-26(20-8-4-5-9-21(20)30-22)31(28,29)19-6-2-1-3-7-19/h1-13,22H,14-16H2,(H,25,27)/t22-/m1/s1. The van der Waals surface area contributed by atoms with Crippen molar-refractivity contribution in [2.45, 2.75) is 17.4 Å². The van der Waals surface area contributed by atoms with E-state index in [0.717, 1.165) is 5.56 Å². The lowest BCUT2D eigenvalue weighted by Gasteiger charge is -2.34. The Hall–Kier alpha value is -3.39. The number of halogens is 1. The molecule has 0 aromatic heterocycles. The van der Waals surface area contributed by atoms with Crippen molar-refractivity contribution in [1.82, 2.24) is 5.32 Å². The fourth-order valence-corrected chi connectivity index (χ4v) is 4.88. The van der Waals surface area contributed by atoms with Crippen molar-refractivity contribution in [3.05, 3.63) is 90.2 Å². The molecule has 1 amide bonds. The maximum absolute atomic E-state index is 13.3. The minimum atomic E-state index is -3.87. The number of sulfonamides is 1. The van der Waals surface area contributed by atoms with Gasteiger partial charge in [0, 0.05) is 6.54 Å². The zero-order valence-electron chi connectivity index (χ0n) is 16.6. The van der Waals surface area contributed by atoms with Gasteiger partial charge in [-0.05, 0) is 48.4 Å². The molecule has 1 aliphatic heterocycles. The van der Waals surface area contributed by atoms with E-state index in [1.807, 2.05) is 0 Å². The van der Waals surface area contributed by atoms with Gasteiger partial charge in [-0.15, -0.1) is 0 Å². The van der Waals surface area contributed by atoms with Crippen LogP contribution in [0.3, 0.4) is 0 Å². The molecule has 0 spiro atoms. The van der Waals surface area contributed by atoms with Crippen LogP contribution < -0.4 is 14.4 Å². The first-order valence-electron chi connectivity index (χ1n) is 9.81. The Bertz CT molecular complexity index is 1170. The van der Waals surface area contributed by atoms with Gasteiger partial charge in [-0.1, -0.05) is 42.5 Å². The highest BCUT2D eigenvalue weighted by Crippen LogP contribution is 2.36. The van der Waals surface area contributed by atoms with Gasteiger partial charge < -0.3 is 10.1 Å². The summed E-state index contributed by atoms with van der Waals surface area (Å²) in [5.74, 6) is -0.404. The summed E-state index contributed by atoms with van der Waals surface area (Å²) in [6, 6.07) is 20.9. The Balaban J connectivity index is 1.51. The van der Waals surface area contributed by atoms with Gasteiger partial charge in [0.15, 0.2) is 6.10 Å². The smallest absolute Gasteiger partial charge is 0.264 e. The summed E-state index contributed by atoms with van der Waals surface area (Å²) in [5.41, 5.74) is 1.27. The summed E-state index contributed by atoms with van der Waals surface area (Å²) in [5, 5.41) is 2.78. The number of ether oxygens (including phenoxy) is 1. The number of nitrogens with zero attached hydrogens (tertiary/aromatic N) is 1. The first-order valence-corrected chi connectivity index (χ1v) is 11.2. The number of hydrogen-bond acceptors (Lipinski definition) is 4. The van der Waals surface area contributed by atoms with E-state index in [9.17, 15) is 17.6 Å². The minimum absolute atomic E-state index is 0.141. The number of benzene rings is 3. The fourth-order valence-electron chi connectivity index (χ4n) is 3.38. The molecular formula is C23H21FN2O4S. The summed E-state index contributed by atoms with van der Waals surface area (Å²) in [6.07, 6.45) is -0.483. The Morgan fingerprint density at radius 2 is 1.68 bits per heavy atom. The molecule has 3 aromatic rings. The number of rotatable bonds is 6. The molecule has 1 N–H and O–H groups in total. The molecule has 6 nitrogen and oxygen atoms in total. The van der Waals surface area contributed by atoms with Gasteiger partial charge in [-0.25, -0.2) is 12.8 Å². The van der Waals surface area contributed by atoms with E-state index < -0.39 is 22.0 Å². The third-order valence-electron chi connectivity index (χ3n) is 4.98. The van der Waals surface area contributed by atoms with Crippen LogP contribution >= 0.6 is 0 Å². The van der Waals surface area contributed by atoms with E-state index in [0.29, 0.717) is 24.4 Å². The Morgan fingerprint density at radius 1 is 1.00 bits per heavy atom. The molecule has 0 unspecified atom stereocenters. The summed E-state index contributed by atoms with van der Waals surface area (Å²) in [4.78, 5) is 12.9. The fraction of sp³-hybridized carbons (Fsp3) is 0.174. The minimum Gasteiger partial charge on any atom is -0.476 e. The van der Waals surface area contributed by atoms with Crippen LogP contribution in [-0.2, 0) is 21.2 Å². The molecule has 31 heavy (non-hydrogen) atoms. The van der Waals surface area contributed by atoms with Crippen molar-refractivity contribution in [2.75, 3.05) is 17.4 Å². The molecule has 0 bridgehead atoms. The normalized spacial score (nSPS) is 15.6. The summed E-state index contributed by atoms with van der Waals surface area (Å²) in [6.45, 7) is 0.175. The van der Waals surface area contributed by atoms with Crippen LogP contribution in [0.5, 0.6) is 5.75 Å². The van der Waals surface area contributed by atoms with E-state index in [4.69, 9.17) is 4.74 Å². The maximum Gasteiger partial charge on any atom is 0.264 e. The molecule has 0 saturated heterocycles. The summed E-state index contributed by atoms with van der Waals surface area (Å²) in [7, 11) is -3.87. The highest BCUT2D eigenvalue weighted by molar-refractivity contribution is 7.92. The second-order valence-electron chi connectivity index (χ2n) is 7.09. The van der Waals surface area contributed by atoms with Gasteiger partial charge in [0.2, 0.25) is 0 Å². The van der Waals surface area contributed by atoms with Gasteiger partial charge in [-0.2, -0.15) is 0 Å². The average molecular weight is 440 g/mol. The van der Waals surface area contributed by atoms with E-state index in [2.05, 4.69) is 5.32 Å². The summed E-state index contributed by atoms with van der Waals surface area (Å²) >= 11 is 0. The largest absolute Gasteiger partial charge is 0.476 e. The number of nitrogens with one attached hydrogen (secondary N) is 1. The Kier molecular flexibility index (Phi) is 5.90. The Morgan fingerprint density at radius 3 is 2.42 bits per heavy atom. The first-order chi connectivity index (χ1) is 14.9. The molecule has 0 saturated carbocycles. The van der Waals surface area contributed by atoms with Gasteiger partial charge in [0.05, 0.1) is 17.1 Å². The molecule has 160 valence electrons. The van der Waals surface area contributed by atoms with Gasteiger partial charge in [-0.3, -0.25) is 9.10 Å². The van der Waals surface area contributed by atoms with Crippen molar-refractivity contribution in [3.8, 4) is 5.75 Å². The number of anilines is 1. The Labute approximate surface area is 180 Å². The SMILES string of the molecule is O=C(NCCc1ccc(F)cc1)[C@H]1CN(S(=O)(=O)c2ccccc2)c2ccccc2O1. The van der Waals surface area contributed by atoms with Crippen molar-refractivity contribution in [1.29, 1.82) is 0 Å². The third-order valence-corrected chi connectivity index (χ3v) is 6.78. The predicted molar refractivity (Wildman–Crippen MR) is 115 cm³/mol. The lowest BCUT2D eigenvalue weighted by molar-refractivity contribution is -0.127. The van der Waals surface area contributed by atoms with E-state index >= 15 is 0 Å². The van der Waals surface area contributed by atoms with E-state index in [1.54, 1.807) is 54.6 Å². The van der Waals surface area contributed by atoms with Crippen LogP contribution in [0.15, 0.2) is 83.8 Å². The number of hydrogen-bond donors (Lipinski definition) is 1. The number of fused-ring (bicyclic) bond motifs is 1. The molecule has 3 aromatic carbocycles. The van der Waals surface area contributed by atoms with Crippen LogP contribution in [0.2, 0.25) is 0 Å². The third kappa shape index (κ3) is 4.54. The lowest BCUT2D eigenvalue weighted by atomic mass is 10.1. The average Bonchev–Trinajstić information content (AvgIpc) is 2.80. The molecule has 1 atom stereocenters. The van der Waals surface area contributed by atoms with Crippen molar-refractivity contribution < 1.29 is 22.3 Å². The number of carbonyl (C=O) groups is 1. The molecule has 8 heteroatoms. The van der Waals surface area contributed by atoms with Crippen LogP contribution in [0.4, 0.5) is 10.1 Å². The molecule has 4 rings (SSSR count). The summed E-state index contributed by atoms with van der Waals surface area (Å²) < 4.78 is 46.5. The second kappa shape index (κ2) is 8.77. The topological polar surface area (TPSA) is 75.7 Å². The quantitative estimate of drug-likeness (QED) is 0.639. The van der Waals surface area contributed by atoms with Crippen LogP contribution in [0.1, 0.15) is 5.56 Å².